The summed E-state index contributed by atoms with van der Waals surface area (Å²) in [5.74, 6) is 3.30. The average molecular weight is 235 g/mol. The SMILES string of the molecule is C1=Cc2ncccc2[C@@H](C2SCCS2)C1. The minimum atomic E-state index is 0.677. The van der Waals surface area contributed by atoms with Gasteiger partial charge in [-0.2, -0.15) is 0 Å². The lowest BCUT2D eigenvalue weighted by Gasteiger charge is -2.25. The van der Waals surface area contributed by atoms with Crippen molar-refractivity contribution in [3.05, 3.63) is 35.7 Å². The van der Waals surface area contributed by atoms with Gasteiger partial charge in [-0.1, -0.05) is 12.1 Å². The van der Waals surface area contributed by atoms with Gasteiger partial charge < -0.3 is 0 Å². The number of hydrogen-bond donors (Lipinski definition) is 0. The van der Waals surface area contributed by atoms with Crippen LogP contribution in [0.5, 0.6) is 0 Å². The van der Waals surface area contributed by atoms with Gasteiger partial charge in [-0.15, -0.1) is 23.5 Å². The largest absolute Gasteiger partial charge is 0.257 e. The number of aromatic nitrogens is 1. The normalized spacial score (nSPS) is 25.5. The van der Waals surface area contributed by atoms with Crippen LogP contribution in [0.1, 0.15) is 23.6 Å². The molecule has 3 rings (SSSR count). The quantitative estimate of drug-likeness (QED) is 0.740. The molecule has 1 fully saturated rings. The summed E-state index contributed by atoms with van der Waals surface area (Å²) in [6.45, 7) is 0. The van der Waals surface area contributed by atoms with E-state index in [1.807, 2.05) is 6.20 Å². The van der Waals surface area contributed by atoms with E-state index < -0.39 is 0 Å². The second-order valence-electron chi connectivity index (χ2n) is 3.83. The van der Waals surface area contributed by atoms with Crippen molar-refractivity contribution in [3.63, 3.8) is 0 Å². The first-order chi connectivity index (χ1) is 7.45. The van der Waals surface area contributed by atoms with E-state index in [0.29, 0.717) is 5.92 Å². The maximum Gasteiger partial charge on any atom is 0.0662 e. The number of rotatable bonds is 1. The number of fused-ring (bicyclic) bond motifs is 1. The summed E-state index contributed by atoms with van der Waals surface area (Å²) in [5.41, 5.74) is 2.63. The third kappa shape index (κ3) is 1.83. The van der Waals surface area contributed by atoms with Crippen LogP contribution in [0.15, 0.2) is 24.4 Å². The molecule has 15 heavy (non-hydrogen) atoms. The van der Waals surface area contributed by atoms with Crippen molar-refractivity contribution in [1.82, 2.24) is 4.98 Å². The first kappa shape index (κ1) is 9.79. The maximum absolute atomic E-state index is 4.44. The molecule has 0 saturated carbocycles. The molecule has 0 amide bonds. The Kier molecular flexibility index (Phi) is 2.76. The maximum atomic E-state index is 4.44. The zero-order chi connectivity index (χ0) is 10.1. The first-order valence-corrected chi connectivity index (χ1v) is 7.39. The Morgan fingerprint density at radius 1 is 1.27 bits per heavy atom. The molecular formula is C12H13NS2. The molecular weight excluding hydrogens is 222 g/mol. The monoisotopic (exact) mass is 235 g/mol. The molecule has 1 saturated heterocycles. The van der Waals surface area contributed by atoms with Gasteiger partial charge in [-0.3, -0.25) is 4.98 Å². The van der Waals surface area contributed by atoms with Crippen LogP contribution in [0.25, 0.3) is 6.08 Å². The molecule has 0 N–H and O–H groups in total. The van der Waals surface area contributed by atoms with Crippen LogP contribution < -0.4 is 0 Å². The fraction of sp³-hybridized carbons (Fsp3) is 0.417. The van der Waals surface area contributed by atoms with Crippen molar-refractivity contribution in [3.8, 4) is 0 Å². The Labute approximate surface area is 98.8 Å². The Balaban J connectivity index is 1.94. The molecule has 0 radical (unpaired) electrons. The fourth-order valence-corrected chi connectivity index (χ4v) is 5.38. The lowest BCUT2D eigenvalue weighted by Crippen LogP contribution is -2.13. The lowest BCUT2D eigenvalue weighted by molar-refractivity contribution is 0.753. The number of pyridine rings is 1. The van der Waals surface area contributed by atoms with Crippen molar-refractivity contribution in [2.24, 2.45) is 0 Å². The highest BCUT2D eigenvalue weighted by atomic mass is 32.2. The van der Waals surface area contributed by atoms with E-state index >= 15 is 0 Å². The van der Waals surface area contributed by atoms with Crippen molar-refractivity contribution in [2.75, 3.05) is 11.5 Å². The molecule has 0 unspecified atom stereocenters. The average Bonchev–Trinajstić information content (AvgIpc) is 2.82. The van der Waals surface area contributed by atoms with Crippen molar-refractivity contribution < 1.29 is 0 Å². The van der Waals surface area contributed by atoms with E-state index in [2.05, 4.69) is 52.8 Å². The molecule has 1 aromatic heterocycles. The minimum absolute atomic E-state index is 0.677. The van der Waals surface area contributed by atoms with E-state index in [1.54, 1.807) is 0 Å². The zero-order valence-electron chi connectivity index (χ0n) is 8.43. The predicted octanol–water partition coefficient (Wildman–Crippen LogP) is 3.39. The van der Waals surface area contributed by atoms with Crippen molar-refractivity contribution in [2.45, 2.75) is 16.9 Å². The number of thioether (sulfide) groups is 2. The van der Waals surface area contributed by atoms with Gasteiger partial charge in [0.2, 0.25) is 0 Å². The van der Waals surface area contributed by atoms with Gasteiger partial charge >= 0.3 is 0 Å². The Hall–Kier alpha value is -0.410. The molecule has 1 aliphatic carbocycles. The Morgan fingerprint density at radius 3 is 3.00 bits per heavy atom. The van der Waals surface area contributed by atoms with Gasteiger partial charge in [0.25, 0.3) is 0 Å². The van der Waals surface area contributed by atoms with E-state index in [9.17, 15) is 0 Å². The second-order valence-corrected chi connectivity index (χ2v) is 6.63. The second kappa shape index (κ2) is 4.22. The molecule has 78 valence electrons. The van der Waals surface area contributed by atoms with Gasteiger partial charge in [-0.05, 0) is 24.1 Å². The van der Waals surface area contributed by atoms with Gasteiger partial charge in [0.05, 0.1) is 10.3 Å². The van der Waals surface area contributed by atoms with Gasteiger partial charge in [0, 0.05) is 23.6 Å². The van der Waals surface area contributed by atoms with Crippen LogP contribution in [-0.4, -0.2) is 21.1 Å². The number of nitrogens with zero attached hydrogens (tertiary/aromatic N) is 1. The van der Waals surface area contributed by atoms with Crippen LogP contribution in [0.3, 0.4) is 0 Å². The molecule has 0 spiro atoms. The Morgan fingerprint density at radius 2 is 2.13 bits per heavy atom. The van der Waals surface area contributed by atoms with Crippen LogP contribution in [-0.2, 0) is 0 Å². The lowest BCUT2D eigenvalue weighted by atomic mass is 9.91. The smallest absolute Gasteiger partial charge is 0.0662 e. The van der Waals surface area contributed by atoms with Gasteiger partial charge in [-0.25, -0.2) is 0 Å². The van der Waals surface area contributed by atoms with E-state index in [4.69, 9.17) is 0 Å². The summed E-state index contributed by atoms with van der Waals surface area (Å²) in [5, 5.41) is 0. The summed E-state index contributed by atoms with van der Waals surface area (Å²) < 4.78 is 0.748. The third-order valence-electron chi connectivity index (χ3n) is 2.91. The highest BCUT2D eigenvalue weighted by Gasteiger charge is 2.29. The highest BCUT2D eigenvalue weighted by Crippen LogP contribution is 2.45. The molecule has 1 nitrogen and oxygen atoms in total. The molecule has 2 heterocycles. The van der Waals surface area contributed by atoms with Crippen LogP contribution >= 0.6 is 23.5 Å². The fourth-order valence-electron chi connectivity index (χ4n) is 2.20. The predicted molar refractivity (Wildman–Crippen MR) is 69.3 cm³/mol. The summed E-state index contributed by atoms with van der Waals surface area (Å²) in [4.78, 5) is 4.44. The summed E-state index contributed by atoms with van der Waals surface area (Å²) in [6, 6.07) is 4.31. The van der Waals surface area contributed by atoms with Crippen LogP contribution in [0.4, 0.5) is 0 Å². The topological polar surface area (TPSA) is 12.9 Å². The van der Waals surface area contributed by atoms with Gasteiger partial charge in [0.1, 0.15) is 0 Å². The molecule has 3 heteroatoms. The molecule has 1 aliphatic heterocycles. The molecule has 1 aromatic rings. The van der Waals surface area contributed by atoms with E-state index in [1.165, 1.54) is 29.2 Å². The summed E-state index contributed by atoms with van der Waals surface area (Å²) >= 11 is 4.23. The number of hydrogen-bond acceptors (Lipinski definition) is 3. The first-order valence-electron chi connectivity index (χ1n) is 5.30. The zero-order valence-corrected chi connectivity index (χ0v) is 10.1. The Bertz CT molecular complexity index is 383. The van der Waals surface area contributed by atoms with E-state index in [-0.39, 0.29) is 0 Å². The molecule has 0 bridgehead atoms. The summed E-state index contributed by atoms with van der Waals surface area (Å²) in [6.07, 6.45) is 7.51. The standard InChI is InChI=1S/C12H13NS2/c1-3-10(12-14-7-8-15-12)9-4-2-6-13-11(9)5-1/h1-2,4-6,10,12H,3,7-8H2/t10-/m0/s1. The van der Waals surface area contributed by atoms with Crippen molar-refractivity contribution in [1.29, 1.82) is 0 Å². The highest BCUT2D eigenvalue weighted by molar-refractivity contribution is 8.20. The van der Waals surface area contributed by atoms with Gasteiger partial charge in [0.15, 0.2) is 0 Å². The van der Waals surface area contributed by atoms with Crippen LogP contribution in [0.2, 0.25) is 0 Å². The van der Waals surface area contributed by atoms with Crippen molar-refractivity contribution >= 4 is 29.6 Å². The summed E-state index contributed by atoms with van der Waals surface area (Å²) in [7, 11) is 0. The molecule has 0 aromatic carbocycles. The third-order valence-corrected chi connectivity index (χ3v) is 6.18. The minimum Gasteiger partial charge on any atom is -0.257 e. The van der Waals surface area contributed by atoms with E-state index in [0.717, 1.165) is 4.58 Å². The van der Waals surface area contributed by atoms with Crippen LogP contribution in [0, 0.1) is 0 Å². The molecule has 1 atom stereocenters. The molecule has 2 aliphatic rings. The number of allylic oxidation sites excluding steroid dienone is 1.